The van der Waals surface area contributed by atoms with Gasteiger partial charge in [-0.25, -0.2) is 0 Å². The van der Waals surface area contributed by atoms with E-state index in [-0.39, 0.29) is 5.91 Å². The number of hydrogen-bond donors (Lipinski definition) is 0. The molecule has 4 nitrogen and oxygen atoms in total. The first-order valence-corrected chi connectivity index (χ1v) is 8.48. The SMILES string of the molecule is CCN(C[C@@H]1CCOC1)C(=O)c1ccc([S@@](C)=O)cc1. The number of ether oxygens (including phenoxy) is 1. The third-order valence-electron chi connectivity index (χ3n) is 3.60. The lowest BCUT2D eigenvalue weighted by Crippen LogP contribution is -2.35. The molecule has 0 N–H and O–H groups in total. The number of nitrogens with zero attached hydrogens (tertiary/aromatic N) is 1. The molecule has 0 unspecified atom stereocenters. The molecule has 1 heterocycles. The predicted molar refractivity (Wildman–Crippen MR) is 79.3 cm³/mol. The van der Waals surface area contributed by atoms with Crippen LogP contribution in [0.15, 0.2) is 29.2 Å². The smallest absolute Gasteiger partial charge is 0.253 e. The molecule has 20 heavy (non-hydrogen) atoms. The lowest BCUT2D eigenvalue weighted by atomic mass is 10.1. The second-order valence-corrected chi connectivity index (χ2v) is 6.43. The second-order valence-electron chi connectivity index (χ2n) is 5.05. The standard InChI is InChI=1S/C15H21NO3S/c1-3-16(10-12-8-9-19-11-12)15(17)13-4-6-14(7-5-13)20(2)18/h4-7,12H,3,8-11H2,1-2H3/t12-,20+/m0/s1. The van der Waals surface area contributed by atoms with Gasteiger partial charge in [-0.2, -0.15) is 0 Å². The van der Waals surface area contributed by atoms with Gasteiger partial charge < -0.3 is 9.64 Å². The highest BCUT2D eigenvalue weighted by Gasteiger charge is 2.22. The number of amides is 1. The van der Waals surface area contributed by atoms with Crippen LogP contribution in [0.25, 0.3) is 0 Å². The van der Waals surface area contributed by atoms with Crippen LogP contribution in [0.1, 0.15) is 23.7 Å². The van der Waals surface area contributed by atoms with E-state index in [9.17, 15) is 9.00 Å². The van der Waals surface area contributed by atoms with E-state index in [0.717, 1.165) is 31.1 Å². The Morgan fingerprint density at radius 1 is 1.40 bits per heavy atom. The lowest BCUT2D eigenvalue weighted by Gasteiger charge is -2.23. The van der Waals surface area contributed by atoms with E-state index in [1.807, 2.05) is 11.8 Å². The van der Waals surface area contributed by atoms with Crippen molar-refractivity contribution in [3.63, 3.8) is 0 Å². The van der Waals surface area contributed by atoms with E-state index in [4.69, 9.17) is 4.74 Å². The summed E-state index contributed by atoms with van der Waals surface area (Å²) < 4.78 is 16.7. The maximum atomic E-state index is 12.5. The summed E-state index contributed by atoms with van der Waals surface area (Å²) in [7, 11) is -1.01. The highest BCUT2D eigenvalue weighted by Crippen LogP contribution is 2.16. The van der Waals surface area contributed by atoms with Crippen LogP contribution in [0.5, 0.6) is 0 Å². The van der Waals surface area contributed by atoms with Crippen molar-refractivity contribution in [2.45, 2.75) is 18.2 Å². The first-order chi connectivity index (χ1) is 9.61. The largest absolute Gasteiger partial charge is 0.381 e. The zero-order valence-corrected chi connectivity index (χ0v) is 12.8. The van der Waals surface area contributed by atoms with Gasteiger partial charge in [0.05, 0.1) is 6.61 Å². The van der Waals surface area contributed by atoms with Crippen LogP contribution < -0.4 is 0 Å². The topological polar surface area (TPSA) is 46.6 Å². The molecule has 1 aromatic rings. The molecule has 110 valence electrons. The second kappa shape index (κ2) is 6.99. The van der Waals surface area contributed by atoms with Crippen LogP contribution >= 0.6 is 0 Å². The third-order valence-corrected chi connectivity index (χ3v) is 4.54. The molecule has 0 saturated carbocycles. The number of rotatable bonds is 5. The Morgan fingerprint density at radius 3 is 2.60 bits per heavy atom. The number of hydrogen-bond acceptors (Lipinski definition) is 3. The van der Waals surface area contributed by atoms with E-state index in [1.54, 1.807) is 30.5 Å². The minimum absolute atomic E-state index is 0.0350. The van der Waals surface area contributed by atoms with Gasteiger partial charge in [-0.15, -0.1) is 0 Å². The summed E-state index contributed by atoms with van der Waals surface area (Å²) in [6.07, 6.45) is 2.66. The molecule has 0 radical (unpaired) electrons. The van der Waals surface area contributed by atoms with Gasteiger partial charge in [-0.3, -0.25) is 9.00 Å². The molecule has 1 amide bonds. The molecule has 2 rings (SSSR count). The number of carbonyl (C=O) groups excluding carboxylic acids is 1. The minimum atomic E-state index is -1.01. The van der Waals surface area contributed by atoms with Crippen LogP contribution in [-0.2, 0) is 15.5 Å². The normalized spacial score (nSPS) is 19.8. The third kappa shape index (κ3) is 3.67. The Bertz CT molecular complexity index is 480. The molecule has 1 aliphatic rings. The monoisotopic (exact) mass is 295 g/mol. The fraction of sp³-hybridized carbons (Fsp3) is 0.533. The molecule has 0 aromatic heterocycles. The first-order valence-electron chi connectivity index (χ1n) is 6.92. The van der Waals surface area contributed by atoms with Gasteiger partial charge in [0.1, 0.15) is 0 Å². The summed E-state index contributed by atoms with van der Waals surface area (Å²) in [6, 6.07) is 7.03. The maximum absolute atomic E-state index is 12.5. The van der Waals surface area contributed by atoms with Gasteiger partial charge in [-0.1, -0.05) is 0 Å². The molecule has 2 atom stereocenters. The van der Waals surface area contributed by atoms with E-state index in [1.165, 1.54) is 0 Å². The minimum Gasteiger partial charge on any atom is -0.381 e. The Balaban J connectivity index is 2.05. The fourth-order valence-corrected chi connectivity index (χ4v) is 2.89. The number of carbonyl (C=O) groups is 1. The van der Waals surface area contributed by atoms with Gasteiger partial charge in [-0.05, 0) is 37.6 Å². The van der Waals surface area contributed by atoms with Gasteiger partial charge in [0.25, 0.3) is 5.91 Å². The van der Waals surface area contributed by atoms with Crippen LogP contribution in [0.4, 0.5) is 0 Å². The molecule has 5 heteroatoms. The van der Waals surface area contributed by atoms with Gasteiger partial charge in [0, 0.05) is 53.1 Å². The maximum Gasteiger partial charge on any atom is 0.253 e. The van der Waals surface area contributed by atoms with Crippen molar-refractivity contribution in [1.82, 2.24) is 4.90 Å². The van der Waals surface area contributed by atoms with Gasteiger partial charge in [0.2, 0.25) is 0 Å². The van der Waals surface area contributed by atoms with Crippen molar-refractivity contribution in [2.75, 3.05) is 32.6 Å². The Labute approximate surface area is 122 Å². The number of benzene rings is 1. The molecule has 0 bridgehead atoms. The highest BCUT2D eigenvalue weighted by atomic mass is 32.2. The molecule has 1 fully saturated rings. The Hall–Kier alpha value is -1.20. The Kier molecular flexibility index (Phi) is 5.31. The highest BCUT2D eigenvalue weighted by molar-refractivity contribution is 7.84. The summed E-state index contributed by atoms with van der Waals surface area (Å²) in [5.41, 5.74) is 0.653. The van der Waals surface area contributed by atoms with Crippen LogP contribution in [0, 0.1) is 5.92 Å². The van der Waals surface area contributed by atoms with Gasteiger partial charge >= 0.3 is 0 Å². The quantitative estimate of drug-likeness (QED) is 0.834. The van der Waals surface area contributed by atoms with Crippen LogP contribution in [-0.4, -0.2) is 47.6 Å². The summed E-state index contributed by atoms with van der Waals surface area (Å²) in [5.74, 6) is 0.481. The van der Waals surface area contributed by atoms with Crippen molar-refractivity contribution in [2.24, 2.45) is 5.92 Å². The van der Waals surface area contributed by atoms with Crippen LogP contribution in [0.3, 0.4) is 0 Å². The summed E-state index contributed by atoms with van der Waals surface area (Å²) in [5, 5.41) is 0. The molecule has 0 aliphatic carbocycles. The van der Waals surface area contributed by atoms with E-state index in [0.29, 0.717) is 18.0 Å². The molecule has 1 aromatic carbocycles. The first kappa shape index (κ1) is 15.2. The van der Waals surface area contributed by atoms with Gasteiger partial charge in [0.15, 0.2) is 0 Å². The van der Waals surface area contributed by atoms with Crippen LogP contribution in [0.2, 0.25) is 0 Å². The molecular formula is C15H21NO3S. The summed E-state index contributed by atoms with van der Waals surface area (Å²) in [4.78, 5) is 15.1. The van der Waals surface area contributed by atoms with Crippen molar-refractivity contribution in [3.8, 4) is 0 Å². The molecular weight excluding hydrogens is 274 g/mol. The zero-order chi connectivity index (χ0) is 14.5. The molecule has 0 spiro atoms. The van der Waals surface area contributed by atoms with Crippen molar-refractivity contribution in [1.29, 1.82) is 0 Å². The molecule has 1 saturated heterocycles. The lowest BCUT2D eigenvalue weighted by molar-refractivity contribution is 0.0730. The summed E-state index contributed by atoms with van der Waals surface area (Å²) in [6.45, 7) is 4.97. The average Bonchev–Trinajstić information content (AvgIpc) is 2.97. The fourth-order valence-electron chi connectivity index (χ4n) is 2.37. The zero-order valence-electron chi connectivity index (χ0n) is 12.0. The predicted octanol–water partition coefficient (Wildman–Crippen LogP) is 1.92. The Morgan fingerprint density at radius 2 is 2.10 bits per heavy atom. The van der Waals surface area contributed by atoms with E-state index < -0.39 is 10.8 Å². The van der Waals surface area contributed by atoms with E-state index in [2.05, 4.69) is 0 Å². The van der Waals surface area contributed by atoms with Crippen molar-refractivity contribution in [3.05, 3.63) is 29.8 Å². The van der Waals surface area contributed by atoms with Crippen molar-refractivity contribution >= 4 is 16.7 Å². The van der Waals surface area contributed by atoms with E-state index >= 15 is 0 Å². The average molecular weight is 295 g/mol. The summed E-state index contributed by atoms with van der Waals surface area (Å²) >= 11 is 0. The van der Waals surface area contributed by atoms with Crippen molar-refractivity contribution < 1.29 is 13.7 Å². The molecule has 1 aliphatic heterocycles.